The van der Waals surface area contributed by atoms with Gasteiger partial charge in [-0.1, -0.05) is 19.9 Å². The quantitative estimate of drug-likeness (QED) is 0.717. The summed E-state index contributed by atoms with van der Waals surface area (Å²) in [7, 11) is 1.36. The third-order valence-corrected chi connectivity index (χ3v) is 2.57. The van der Waals surface area contributed by atoms with E-state index < -0.39 is 0 Å². The Hall–Kier alpha value is -1.32. The molecule has 84 valence electrons. The molecule has 1 aliphatic rings. The van der Waals surface area contributed by atoms with Gasteiger partial charge >= 0.3 is 5.97 Å². The number of carbonyl (C=O) groups excluding carboxylic acids is 2. The van der Waals surface area contributed by atoms with Gasteiger partial charge in [0, 0.05) is 11.1 Å². The maximum Gasteiger partial charge on any atom is 0.305 e. The van der Waals surface area contributed by atoms with E-state index in [9.17, 15) is 9.59 Å². The SMILES string of the molecule is COC(=O)CCC1=CCC(C)(C)C(=O)N1. The van der Waals surface area contributed by atoms with Crippen molar-refractivity contribution in [1.29, 1.82) is 0 Å². The molecule has 1 rings (SSSR count). The smallest absolute Gasteiger partial charge is 0.305 e. The molecule has 0 bridgehead atoms. The molecule has 1 amide bonds. The highest BCUT2D eigenvalue weighted by molar-refractivity contribution is 5.84. The number of hydrogen-bond donors (Lipinski definition) is 1. The van der Waals surface area contributed by atoms with Crippen molar-refractivity contribution in [3.63, 3.8) is 0 Å². The summed E-state index contributed by atoms with van der Waals surface area (Å²) >= 11 is 0. The van der Waals surface area contributed by atoms with Crippen molar-refractivity contribution in [3.8, 4) is 0 Å². The van der Waals surface area contributed by atoms with Crippen LogP contribution in [0.2, 0.25) is 0 Å². The lowest BCUT2D eigenvalue weighted by atomic mass is 9.85. The van der Waals surface area contributed by atoms with Crippen LogP contribution in [0.3, 0.4) is 0 Å². The topological polar surface area (TPSA) is 55.4 Å². The predicted molar refractivity (Wildman–Crippen MR) is 55.9 cm³/mol. The molecule has 4 nitrogen and oxygen atoms in total. The second kappa shape index (κ2) is 4.47. The summed E-state index contributed by atoms with van der Waals surface area (Å²) in [5, 5.41) is 2.80. The van der Waals surface area contributed by atoms with Gasteiger partial charge in [0.05, 0.1) is 13.5 Å². The van der Waals surface area contributed by atoms with Gasteiger partial charge in [-0.25, -0.2) is 0 Å². The van der Waals surface area contributed by atoms with E-state index in [1.165, 1.54) is 7.11 Å². The van der Waals surface area contributed by atoms with Crippen LogP contribution in [0, 0.1) is 5.41 Å². The van der Waals surface area contributed by atoms with E-state index in [1.54, 1.807) is 0 Å². The number of amides is 1. The summed E-state index contributed by atoms with van der Waals surface area (Å²) in [6.45, 7) is 3.80. The minimum absolute atomic E-state index is 0.0184. The van der Waals surface area contributed by atoms with Crippen LogP contribution < -0.4 is 5.32 Å². The number of rotatable bonds is 3. The molecule has 0 aromatic heterocycles. The van der Waals surface area contributed by atoms with Gasteiger partial charge in [-0.15, -0.1) is 0 Å². The lowest BCUT2D eigenvalue weighted by molar-refractivity contribution is -0.140. The zero-order valence-corrected chi connectivity index (χ0v) is 9.42. The van der Waals surface area contributed by atoms with Gasteiger partial charge in [-0.2, -0.15) is 0 Å². The fraction of sp³-hybridized carbons (Fsp3) is 0.636. The Kier molecular flexibility index (Phi) is 3.50. The van der Waals surface area contributed by atoms with Crippen LogP contribution in [0.4, 0.5) is 0 Å². The number of methoxy groups -OCH3 is 1. The normalized spacial score (nSPS) is 19.1. The molecular formula is C11H17NO3. The largest absolute Gasteiger partial charge is 0.469 e. The van der Waals surface area contributed by atoms with E-state index in [2.05, 4.69) is 10.1 Å². The number of allylic oxidation sites excluding steroid dienone is 2. The molecule has 0 aromatic rings. The first-order valence-corrected chi connectivity index (χ1v) is 5.03. The molecule has 0 radical (unpaired) electrons. The fourth-order valence-electron chi connectivity index (χ4n) is 1.34. The predicted octanol–water partition coefficient (Wildman–Crippen LogP) is 1.37. The van der Waals surface area contributed by atoms with Crippen LogP contribution >= 0.6 is 0 Å². The van der Waals surface area contributed by atoms with Crippen LogP contribution in [0.5, 0.6) is 0 Å². The Morgan fingerprint density at radius 1 is 1.60 bits per heavy atom. The summed E-state index contributed by atoms with van der Waals surface area (Å²) in [6.07, 6.45) is 3.54. The first-order chi connectivity index (χ1) is 6.95. The molecule has 0 saturated heterocycles. The monoisotopic (exact) mass is 211 g/mol. The van der Waals surface area contributed by atoms with Gasteiger partial charge in [0.1, 0.15) is 0 Å². The zero-order valence-electron chi connectivity index (χ0n) is 9.42. The highest BCUT2D eigenvalue weighted by Crippen LogP contribution is 2.26. The Labute approximate surface area is 89.7 Å². The van der Waals surface area contributed by atoms with Crippen molar-refractivity contribution in [2.24, 2.45) is 5.41 Å². The average molecular weight is 211 g/mol. The van der Waals surface area contributed by atoms with Crippen molar-refractivity contribution in [3.05, 3.63) is 11.8 Å². The maximum absolute atomic E-state index is 11.6. The first-order valence-electron chi connectivity index (χ1n) is 5.03. The van der Waals surface area contributed by atoms with Gasteiger partial charge < -0.3 is 10.1 Å². The third kappa shape index (κ3) is 3.08. The van der Waals surface area contributed by atoms with Gasteiger partial charge in [0.2, 0.25) is 5.91 Å². The minimum Gasteiger partial charge on any atom is -0.469 e. The minimum atomic E-state index is -0.339. The van der Waals surface area contributed by atoms with Crippen LogP contribution in [0.15, 0.2) is 11.8 Å². The second-order valence-corrected chi connectivity index (χ2v) is 4.35. The lowest BCUT2D eigenvalue weighted by Crippen LogP contribution is -2.39. The maximum atomic E-state index is 11.6. The van der Waals surface area contributed by atoms with Crippen molar-refractivity contribution in [1.82, 2.24) is 5.32 Å². The number of hydrogen-bond acceptors (Lipinski definition) is 3. The first kappa shape index (κ1) is 11.8. The van der Waals surface area contributed by atoms with E-state index in [1.807, 2.05) is 19.9 Å². The van der Waals surface area contributed by atoms with Gasteiger partial charge in [0.15, 0.2) is 0 Å². The standard InChI is InChI=1S/C11H17NO3/c1-11(2)7-6-8(12-10(11)14)4-5-9(13)15-3/h6H,4-5,7H2,1-3H3,(H,12,14). The fourth-order valence-corrected chi connectivity index (χ4v) is 1.34. The van der Waals surface area contributed by atoms with Crippen LogP contribution in [0.1, 0.15) is 33.1 Å². The second-order valence-electron chi connectivity index (χ2n) is 4.35. The summed E-state index contributed by atoms with van der Waals surface area (Å²) in [4.78, 5) is 22.5. The molecule has 4 heteroatoms. The average Bonchev–Trinajstić information content (AvgIpc) is 2.19. The van der Waals surface area contributed by atoms with E-state index >= 15 is 0 Å². The zero-order chi connectivity index (χ0) is 11.5. The molecule has 0 spiro atoms. The van der Waals surface area contributed by atoms with Crippen LogP contribution in [0.25, 0.3) is 0 Å². The van der Waals surface area contributed by atoms with Crippen molar-refractivity contribution >= 4 is 11.9 Å². The molecule has 0 unspecified atom stereocenters. The molecule has 0 aliphatic carbocycles. The van der Waals surface area contributed by atoms with E-state index in [0.29, 0.717) is 12.8 Å². The molecule has 1 N–H and O–H groups in total. The van der Waals surface area contributed by atoms with Gasteiger partial charge in [-0.3, -0.25) is 9.59 Å². The number of esters is 1. The molecule has 1 aliphatic heterocycles. The van der Waals surface area contributed by atoms with E-state index in [-0.39, 0.29) is 17.3 Å². The van der Waals surface area contributed by atoms with Crippen molar-refractivity contribution in [2.75, 3.05) is 7.11 Å². The van der Waals surface area contributed by atoms with Crippen molar-refractivity contribution < 1.29 is 14.3 Å². The van der Waals surface area contributed by atoms with E-state index in [0.717, 1.165) is 12.1 Å². The Morgan fingerprint density at radius 3 is 2.80 bits per heavy atom. The number of carbonyl (C=O) groups is 2. The van der Waals surface area contributed by atoms with E-state index in [4.69, 9.17) is 0 Å². The third-order valence-electron chi connectivity index (χ3n) is 2.57. The Bertz CT molecular complexity index is 305. The highest BCUT2D eigenvalue weighted by atomic mass is 16.5. The summed E-state index contributed by atoms with van der Waals surface area (Å²) in [5.74, 6) is -0.236. The van der Waals surface area contributed by atoms with Crippen LogP contribution in [-0.2, 0) is 14.3 Å². The highest BCUT2D eigenvalue weighted by Gasteiger charge is 2.30. The summed E-state index contributed by atoms with van der Waals surface area (Å²) in [6, 6.07) is 0. The number of ether oxygens (including phenoxy) is 1. The lowest BCUT2D eigenvalue weighted by Gasteiger charge is -2.27. The van der Waals surface area contributed by atoms with Crippen LogP contribution in [-0.4, -0.2) is 19.0 Å². The summed E-state index contributed by atoms with van der Waals surface area (Å²) in [5.41, 5.74) is 0.485. The molecule has 0 aromatic carbocycles. The van der Waals surface area contributed by atoms with Gasteiger partial charge in [0.25, 0.3) is 0 Å². The molecule has 0 atom stereocenters. The molecule has 1 heterocycles. The summed E-state index contributed by atoms with van der Waals surface area (Å²) < 4.78 is 4.53. The Morgan fingerprint density at radius 2 is 2.27 bits per heavy atom. The molecule has 0 fully saturated rings. The Balaban J connectivity index is 2.49. The molecule has 15 heavy (non-hydrogen) atoms. The van der Waals surface area contributed by atoms with Crippen molar-refractivity contribution in [2.45, 2.75) is 33.1 Å². The molecule has 0 saturated carbocycles. The number of nitrogens with one attached hydrogen (secondary N) is 1. The van der Waals surface area contributed by atoms with Gasteiger partial charge in [-0.05, 0) is 12.8 Å². The molecular weight excluding hydrogens is 194 g/mol.